The van der Waals surface area contributed by atoms with Crippen LogP contribution in [0.3, 0.4) is 0 Å². The molecule has 0 radical (unpaired) electrons. The Morgan fingerprint density at radius 1 is 1.50 bits per heavy atom. The lowest BCUT2D eigenvalue weighted by Crippen LogP contribution is -2.43. The van der Waals surface area contributed by atoms with Crippen molar-refractivity contribution >= 4 is 11.7 Å². The summed E-state index contributed by atoms with van der Waals surface area (Å²) in [5.41, 5.74) is 5.31. The summed E-state index contributed by atoms with van der Waals surface area (Å²) in [4.78, 5) is 13.2. The standard InChI is InChI=1S/C12H19N5O/c1-8-7-17(2)6-5-9(8)14-11-4-3-10(12(13)18)15-16-11/h3-4,8-9H,5-7H2,1-2H3,(H2,13,18)(H,14,16). The summed E-state index contributed by atoms with van der Waals surface area (Å²) < 4.78 is 0. The molecule has 1 amide bonds. The van der Waals surface area contributed by atoms with Crippen LogP contribution in [0.4, 0.5) is 5.82 Å². The van der Waals surface area contributed by atoms with Crippen molar-refractivity contribution in [1.29, 1.82) is 0 Å². The van der Waals surface area contributed by atoms with Crippen molar-refractivity contribution in [2.24, 2.45) is 11.7 Å². The molecule has 2 unspecified atom stereocenters. The van der Waals surface area contributed by atoms with Crippen molar-refractivity contribution in [2.75, 3.05) is 25.5 Å². The van der Waals surface area contributed by atoms with Gasteiger partial charge in [0, 0.05) is 12.6 Å². The van der Waals surface area contributed by atoms with Crippen LogP contribution in [0.2, 0.25) is 0 Å². The van der Waals surface area contributed by atoms with Crippen LogP contribution in [0.25, 0.3) is 0 Å². The molecule has 0 aliphatic carbocycles. The van der Waals surface area contributed by atoms with Gasteiger partial charge in [-0.25, -0.2) is 0 Å². The molecule has 6 heteroatoms. The van der Waals surface area contributed by atoms with Crippen LogP contribution >= 0.6 is 0 Å². The summed E-state index contributed by atoms with van der Waals surface area (Å²) in [6.07, 6.45) is 1.08. The number of aromatic nitrogens is 2. The van der Waals surface area contributed by atoms with Crippen molar-refractivity contribution < 1.29 is 4.79 Å². The number of nitrogens with zero attached hydrogens (tertiary/aromatic N) is 3. The number of nitrogens with one attached hydrogen (secondary N) is 1. The molecular formula is C12H19N5O. The van der Waals surface area contributed by atoms with E-state index in [0.29, 0.717) is 17.8 Å². The minimum absolute atomic E-state index is 0.192. The Bertz CT molecular complexity index is 419. The van der Waals surface area contributed by atoms with Crippen molar-refractivity contribution in [2.45, 2.75) is 19.4 Å². The fourth-order valence-corrected chi connectivity index (χ4v) is 2.30. The highest BCUT2D eigenvalue weighted by Crippen LogP contribution is 2.19. The van der Waals surface area contributed by atoms with E-state index >= 15 is 0 Å². The average molecular weight is 249 g/mol. The zero-order valence-corrected chi connectivity index (χ0v) is 10.8. The summed E-state index contributed by atoms with van der Waals surface area (Å²) in [6, 6.07) is 3.74. The van der Waals surface area contributed by atoms with Gasteiger partial charge in [-0.1, -0.05) is 6.92 Å². The Hall–Kier alpha value is -1.69. The Kier molecular flexibility index (Phi) is 3.76. The number of rotatable bonds is 3. The number of likely N-dealkylation sites (tertiary alicyclic amines) is 1. The molecule has 1 aliphatic rings. The van der Waals surface area contributed by atoms with Crippen molar-refractivity contribution in [1.82, 2.24) is 15.1 Å². The number of piperidine rings is 1. The van der Waals surface area contributed by atoms with Gasteiger partial charge in [-0.05, 0) is 38.1 Å². The number of anilines is 1. The fraction of sp³-hybridized carbons (Fsp3) is 0.583. The van der Waals surface area contributed by atoms with Gasteiger partial charge >= 0.3 is 0 Å². The summed E-state index contributed by atoms with van der Waals surface area (Å²) in [7, 11) is 2.13. The van der Waals surface area contributed by atoms with E-state index < -0.39 is 5.91 Å². The molecular weight excluding hydrogens is 230 g/mol. The molecule has 1 saturated heterocycles. The second kappa shape index (κ2) is 5.30. The lowest BCUT2D eigenvalue weighted by molar-refractivity contribution is 0.0994. The van der Waals surface area contributed by atoms with Gasteiger partial charge in [0.25, 0.3) is 5.91 Å². The van der Waals surface area contributed by atoms with E-state index in [9.17, 15) is 4.79 Å². The summed E-state index contributed by atoms with van der Waals surface area (Å²) in [5.74, 6) is 0.699. The molecule has 2 heterocycles. The third-order valence-corrected chi connectivity index (χ3v) is 3.36. The molecule has 0 aromatic carbocycles. The molecule has 0 spiro atoms. The molecule has 0 bridgehead atoms. The topological polar surface area (TPSA) is 84.1 Å². The Labute approximate surface area is 107 Å². The van der Waals surface area contributed by atoms with E-state index in [1.54, 1.807) is 12.1 Å². The van der Waals surface area contributed by atoms with Crippen LogP contribution < -0.4 is 11.1 Å². The maximum Gasteiger partial charge on any atom is 0.269 e. The van der Waals surface area contributed by atoms with E-state index in [-0.39, 0.29) is 5.69 Å². The number of amides is 1. The third-order valence-electron chi connectivity index (χ3n) is 3.36. The zero-order valence-electron chi connectivity index (χ0n) is 10.8. The van der Waals surface area contributed by atoms with Gasteiger partial charge in [-0.3, -0.25) is 4.79 Å². The molecule has 98 valence electrons. The molecule has 1 fully saturated rings. The monoisotopic (exact) mass is 249 g/mol. The quantitative estimate of drug-likeness (QED) is 0.806. The second-order valence-electron chi connectivity index (χ2n) is 4.95. The van der Waals surface area contributed by atoms with E-state index in [1.807, 2.05) is 0 Å². The largest absolute Gasteiger partial charge is 0.365 e. The van der Waals surface area contributed by atoms with Gasteiger partial charge < -0.3 is 16.0 Å². The van der Waals surface area contributed by atoms with Gasteiger partial charge in [0.05, 0.1) is 0 Å². The zero-order chi connectivity index (χ0) is 13.1. The summed E-state index contributed by atoms with van der Waals surface area (Å²) >= 11 is 0. The van der Waals surface area contributed by atoms with E-state index in [1.165, 1.54) is 0 Å². The lowest BCUT2D eigenvalue weighted by Gasteiger charge is -2.35. The predicted molar refractivity (Wildman–Crippen MR) is 69.2 cm³/mol. The first-order valence-electron chi connectivity index (χ1n) is 6.15. The highest BCUT2D eigenvalue weighted by Gasteiger charge is 2.24. The molecule has 1 aromatic heterocycles. The van der Waals surface area contributed by atoms with Crippen molar-refractivity contribution in [3.8, 4) is 0 Å². The minimum Gasteiger partial charge on any atom is -0.365 e. The molecule has 1 aliphatic heterocycles. The van der Waals surface area contributed by atoms with Gasteiger partial charge in [0.15, 0.2) is 5.69 Å². The van der Waals surface area contributed by atoms with Crippen molar-refractivity contribution in [3.05, 3.63) is 17.8 Å². The molecule has 18 heavy (non-hydrogen) atoms. The fourth-order valence-electron chi connectivity index (χ4n) is 2.30. The second-order valence-corrected chi connectivity index (χ2v) is 4.95. The number of primary amides is 1. The van der Waals surface area contributed by atoms with Crippen LogP contribution in [-0.4, -0.2) is 47.2 Å². The first kappa shape index (κ1) is 12.8. The summed E-state index contributed by atoms with van der Waals surface area (Å²) in [5, 5.41) is 11.1. The van der Waals surface area contributed by atoms with Crippen LogP contribution in [0.15, 0.2) is 12.1 Å². The number of carbonyl (C=O) groups excluding carboxylic acids is 1. The Balaban J connectivity index is 1.99. The third kappa shape index (κ3) is 2.95. The Morgan fingerprint density at radius 3 is 2.83 bits per heavy atom. The Morgan fingerprint density at radius 2 is 2.28 bits per heavy atom. The summed E-state index contributed by atoms with van der Waals surface area (Å²) in [6.45, 7) is 4.37. The maximum atomic E-state index is 10.9. The molecule has 0 saturated carbocycles. The molecule has 6 nitrogen and oxygen atoms in total. The highest BCUT2D eigenvalue weighted by molar-refractivity contribution is 5.90. The van der Waals surface area contributed by atoms with Crippen molar-refractivity contribution in [3.63, 3.8) is 0 Å². The number of carbonyl (C=O) groups is 1. The molecule has 2 rings (SSSR count). The minimum atomic E-state index is -0.554. The van der Waals surface area contributed by atoms with E-state index in [2.05, 4.69) is 34.4 Å². The van der Waals surface area contributed by atoms with Gasteiger partial charge in [0.2, 0.25) is 0 Å². The van der Waals surface area contributed by atoms with Crippen LogP contribution in [0.5, 0.6) is 0 Å². The highest BCUT2D eigenvalue weighted by atomic mass is 16.1. The van der Waals surface area contributed by atoms with Gasteiger partial charge in [-0.2, -0.15) is 0 Å². The lowest BCUT2D eigenvalue weighted by atomic mass is 9.94. The number of hydrogen-bond acceptors (Lipinski definition) is 5. The van der Waals surface area contributed by atoms with Crippen LogP contribution in [0.1, 0.15) is 23.8 Å². The average Bonchev–Trinajstić information content (AvgIpc) is 2.33. The normalized spacial score (nSPS) is 24.8. The first-order valence-corrected chi connectivity index (χ1v) is 6.15. The van der Waals surface area contributed by atoms with Crippen LogP contribution in [0, 0.1) is 5.92 Å². The van der Waals surface area contributed by atoms with Gasteiger partial charge in [0.1, 0.15) is 5.82 Å². The van der Waals surface area contributed by atoms with E-state index in [0.717, 1.165) is 19.5 Å². The van der Waals surface area contributed by atoms with Crippen LogP contribution in [-0.2, 0) is 0 Å². The first-order chi connectivity index (χ1) is 8.56. The molecule has 3 N–H and O–H groups in total. The number of nitrogens with two attached hydrogens (primary N) is 1. The smallest absolute Gasteiger partial charge is 0.269 e. The molecule has 2 atom stereocenters. The SMILES string of the molecule is CC1CN(C)CCC1Nc1ccc(C(N)=O)nn1. The van der Waals surface area contributed by atoms with Gasteiger partial charge in [-0.15, -0.1) is 10.2 Å². The molecule has 1 aromatic rings. The maximum absolute atomic E-state index is 10.9. The van der Waals surface area contributed by atoms with E-state index in [4.69, 9.17) is 5.73 Å². The predicted octanol–water partition coefficient (Wildman–Crippen LogP) is 0.328. The number of hydrogen-bond donors (Lipinski definition) is 2.